The van der Waals surface area contributed by atoms with Crippen LogP contribution in [0.25, 0.3) is 0 Å². The molecule has 3 saturated carbocycles. The van der Waals surface area contributed by atoms with Gasteiger partial charge in [0, 0.05) is 49.3 Å². The molecule has 0 aromatic rings. The zero-order valence-electron chi connectivity index (χ0n) is 25.1. The van der Waals surface area contributed by atoms with Crippen molar-refractivity contribution in [3.05, 3.63) is 0 Å². The minimum Gasteiger partial charge on any atom is -0.315 e. The Bertz CT molecular complexity index is 841. The molecule has 9 aliphatic rings. The van der Waals surface area contributed by atoms with Crippen molar-refractivity contribution in [3.63, 3.8) is 0 Å². The largest absolute Gasteiger partial charge is 0.315 e. The molecule has 224 valence electrons. The molecule has 9 fully saturated rings. The van der Waals surface area contributed by atoms with Crippen LogP contribution in [0.15, 0.2) is 0 Å². The third kappa shape index (κ3) is 4.16. The fourth-order valence-corrected chi connectivity index (χ4v) is 13.2. The average molecular weight is 551 g/mol. The van der Waals surface area contributed by atoms with Gasteiger partial charge in [-0.2, -0.15) is 0 Å². The van der Waals surface area contributed by atoms with Gasteiger partial charge in [-0.05, 0) is 126 Å². The van der Waals surface area contributed by atoms with Crippen LogP contribution in [-0.2, 0) is 0 Å². The fourth-order valence-electron chi connectivity index (χ4n) is 13.2. The van der Waals surface area contributed by atoms with Crippen molar-refractivity contribution in [3.8, 4) is 0 Å². The highest BCUT2D eigenvalue weighted by Crippen LogP contribution is 2.60. The Morgan fingerprint density at radius 1 is 0.425 bits per heavy atom. The Balaban J connectivity index is 1.01. The summed E-state index contributed by atoms with van der Waals surface area (Å²) in [5, 5.41) is 16.1. The summed E-state index contributed by atoms with van der Waals surface area (Å²) in [6, 6.07) is 4.87. The van der Waals surface area contributed by atoms with Crippen molar-refractivity contribution < 1.29 is 0 Å². The third-order valence-corrected chi connectivity index (χ3v) is 14.6. The number of nitrogens with zero attached hydrogens (tertiary/aromatic N) is 2. The van der Waals surface area contributed by atoms with Gasteiger partial charge in [-0.3, -0.25) is 20.4 Å². The molecule has 0 spiro atoms. The first-order valence-electron chi connectivity index (χ1n) is 18.3. The lowest BCUT2D eigenvalue weighted by Crippen LogP contribution is -2.64. The highest BCUT2D eigenvalue weighted by atomic mass is 15.4. The highest BCUT2D eigenvalue weighted by Gasteiger charge is 2.64. The molecule has 0 amide bonds. The zero-order chi connectivity index (χ0) is 26.2. The molecule has 6 saturated heterocycles. The fraction of sp³-hybridized carbons (Fsp3) is 1.00. The first-order chi connectivity index (χ1) is 19.8. The van der Waals surface area contributed by atoms with Crippen LogP contribution in [0.2, 0.25) is 0 Å². The predicted octanol–water partition coefficient (Wildman–Crippen LogP) is 3.87. The molecule has 0 bridgehead atoms. The van der Waals surface area contributed by atoms with Crippen LogP contribution in [0.5, 0.6) is 0 Å². The molecule has 0 aromatic carbocycles. The summed E-state index contributed by atoms with van der Waals surface area (Å²) >= 11 is 0. The number of piperidine rings is 4. The van der Waals surface area contributed by atoms with E-state index in [0.29, 0.717) is 24.4 Å². The summed E-state index contributed by atoms with van der Waals surface area (Å²) in [4.78, 5) is 6.40. The predicted molar refractivity (Wildman–Crippen MR) is 161 cm³/mol. The summed E-state index contributed by atoms with van der Waals surface area (Å²) in [5.41, 5.74) is 0. The molecule has 14 unspecified atom stereocenters. The van der Waals surface area contributed by atoms with Gasteiger partial charge < -0.3 is 10.6 Å². The van der Waals surface area contributed by atoms with E-state index in [1.165, 1.54) is 129 Å². The van der Waals surface area contributed by atoms with E-state index in [-0.39, 0.29) is 0 Å². The van der Waals surface area contributed by atoms with Gasteiger partial charge in [0.1, 0.15) is 0 Å². The van der Waals surface area contributed by atoms with E-state index in [0.717, 1.165) is 59.7 Å². The van der Waals surface area contributed by atoms with E-state index in [1.807, 2.05) is 0 Å². The molecule has 40 heavy (non-hydrogen) atoms. The van der Waals surface area contributed by atoms with E-state index in [4.69, 9.17) is 0 Å². The molecule has 0 aromatic heterocycles. The molecule has 6 heterocycles. The van der Waals surface area contributed by atoms with Crippen molar-refractivity contribution in [2.75, 3.05) is 26.2 Å². The maximum atomic E-state index is 4.30. The lowest BCUT2D eigenvalue weighted by Gasteiger charge is -2.50. The highest BCUT2D eigenvalue weighted by molar-refractivity contribution is 5.16. The Morgan fingerprint density at radius 3 is 1.40 bits per heavy atom. The van der Waals surface area contributed by atoms with E-state index in [1.54, 1.807) is 0 Å². The van der Waals surface area contributed by atoms with Crippen molar-refractivity contribution >= 4 is 0 Å². The zero-order valence-corrected chi connectivity index (χ0v) is 25.1. The topological polar surface area (TPSA) is 54.6 Å². The second-order valence-corrected chi connectivity index (χ2v) is 16.0. The first kappa shape index (κ1) is 26.2. The summed E-state index contributed by atoms with van der Waals surface area (Å²) in [6.45, 7) is 4.88. The number of hydrogen-bond donors (Lipinski definition) is 4. The number of hydrogen-bond acceptors (Lipinski definition) is 6. The monoisotopic (exact) mass is 550 g/mol. The van der Waals surface area contributed by atoms with Gasteiger partial charge in [-0.1, -0.05) is 25.7 Å². The lowest BCUT2D eigenvalue weighted by atomic mass is 9.62. The Labute approximate surface area is 243 Å². The molecule has 9 rings (SSSR count). The minimum absolute atomic E-state index is 0.647. The van der Waals surface area contributed by atoms with Gasteiger partial charge >= 0.3 is 0 Å². The summed E-state index contributed by atoms with van der Waals surface area (Å²) in [6.07, 6.45) is 24.7. The van der Waals surface area contributed by atoms with Gasteiger partial charge in [-0.15, -0.1) is 0 Å². The van der Waals surface area contributed by atoms with Gasteiger partial charge in [0.15, 0.2) is 0 Å². The summed E-state index contributed by atoms with van der Waals surface area (Å²) in [7, 11) is 0. The summed E-state index contributed by atoms with van der Waals surface area (Å²) < 4.78 is 0. The molecular weight excluding hydrogens is 492 g/mol. The van der Waals surface area contributed by atoms with Crippen molar-refractivity contribution in [1.29, 1.82) is 0 Å². The van der Waals surface area contributed by atoms with Gasteiger partial charge in [0.05, 0.1) is 12.3 Å². The maximum Gasteiger partial charge on any atom is 0.0605 e. The smallest absolute Gasteiger partial charge is 0.0605 e. The number of nitrogens with one attached hydrogen (secondary N) is 4. The molecule has 6 nitrogen and oxygen atoms in total. The third-order valence-electron chi connectivity index (χ3n) is 14.6. The Kier molecular flexibility index (Phi) is 7.03. The number of likely N-dealkylation sites (tertiary alicyclic amines) is 2. The Hall–Kier alpha value is -0.240. The van der Waals surface area contributed by atoms with Crippen LogP contribution in [0.1, 0.15) is 103 Å². The molecule has 14 atom stereocenters. The maximum absolute atomic E-state index is 4.30. The van der Waals surface area contributed by atoms with Crippen molar-refractivity contribution in [2.45, 2.75) is 151 Å². The second-order valence-electron chi connectivity index (χ2n) is 16.0. The van der Waals surface area contributed by atoms with Crippen LogP contribution in [-0.4, -0.2) is 84.6 Å². The SMILES string of the molecule is C1CCC2C(C1)C1C3C4CCCCC4N(C4CCC5CCNCC5N4)C3CCC1N2C1CCC2CCNCC2N1. The minimum atomic E-state index is 0.647. The van der Waals surface area contributed by atoms with E-state index in [2.05, 4.69) is 31.1 Å². The van der Waals surface area contributed by atoms with Gasteiger partial charge in [0.2, 0.25) is 0 Å². The Morgan fingerprint density at radius 2 is 0.900 bits per heavy atom. The first-order valence-corrected chi connectivity index (χ1v) is 18.3. The standard InChI is InChI=1S/C34H58N6/c1-3-7-27-23(5-1)33-29(39(27)31-13-9-21-15-17-35-19-25(21)37-31)11-12-30-34(33)24-6-2-4-8-28(24)40(30)32-14-10-22-16-18-36-20-26(22)38-32/h21-38H,1-20H2. The molecule has 0 radical (unpaired) electrons. The lowest BCUT2D eigenvalue weighted by molar-refractivity contribution is -0.00892. The van der Waals surface area contributed by atoms with Gasteiger partial charge in [-0.25, -0.2) is 0 Å². The van der Waals surface area contributed by atoms with Crippen LogP contribution in [0.4, 0.5) is 0 Å². The molecule has 6 heteroatoms. The van der Waals surface area contributed by atoms with Crippen LogP contribution in [0, 0.1) is 35.5 Å². The van der Waals surface area contributed by atoms with E-state index in [9.17, 15) is 0 Å². The molecule has 4 N–H and O–H groups in total. The van der Waals surface area contributed by atoms with Crippen LogP contribution >= 0.6 is 0 Å². The quantitative estimate of drug-likeness (QED) is 0.419. The van der Waals surface area contributed by atoms with Gasteiger partial charge in [0.25, 0.3) is 0 Å². The number of rotatable bonds is 2. The molecular formula is C34H58N6. The molecule has 3 aliphatic carbocycles. The van der Waals surface area contributed by atoms with E-state index >= 15 is 0 Å². The van der Waals surface area contributed by atoms with E-state index < -0.39 is 0 Å². The second kappa shape index (κ2) is 10.7. The summed E-state index contributed by atoms with van der Waals surface area (Å²) in [5.74, 6) is 5.73. The molecule has 6 aliphatic heterocycles. The average Bonchev–Trinajstić information content (AvgIpc) is 3.53. The van der Waals surface area contributed by atoms with Crippen LogP contribution < -0.4 is 21.3 Å². The van der Waals surface area contributed by atoms with Crippen molar-refractivity contribution in [1.82, 2.24) is 31.1 Å². The van der Waals surface area contributed by atoms with Crippen LogP contribution in [0.3, 0.4) is 0 Å². The normalized spacial score (nSPS) is 54.9. The number of fused-ring (bicyclic) bond motifs is 9. The van der Waals surface area contributed by atoms with Crippen molar-refractivity contribution in [2.24, 2.45) is 35.5 Å².